The second-order valence-electron chi connectivity index (χ2n) is 4.38. The van der Waals surface area contributed by atoms with Crippen molar-refractivity contribution in [3.8, 4) is 0 Å². The lowest BCUT2D eigenvalue weighted by Crippen LogP contribution is -2.14. The average molecular weight is 454 g/mol. The Labute approximate surface area is 146 Å². The van der Waals surface area contributed by atoms with Gasteiger partial charge in [0, 0.05) is 9.30 Å². The molecule has 2 aromatic carbocycles. The molecule has 1 unspecified atom stereocenters. The van der Waals surface area contributed by atoms with Gasteiger partial charge in [0.1, 0.15) is 4.90 Å². The summed E-state index contributed by atoms with van der Waals surface area (Å²) in [6.07, 6.45) is 0. The van der Waals surface area contributed by atoms with E-state index in [1.165, 1.54) is 6.07 Å². The summed E-state index contributed by atoms with van der Waals surface area (Å²) in [4.78, 5) is 0.0705. The van der Waals surface area contributed by atoms with E-state index in [1.807, 2.05) is 19.1 Å². The van der Waals surface area contributed by atoms with Crippen LogP contribution < -0.4 is 4.72 Å². The summed E-state index contributed by atoms with van der Waals surface area (Å²) >= 11 is 12.7. The second-order valence-corrected chi connectivity index (χ2v) is 8.73. The fourth-order valence-electron chi connectivity index (χ4n) is 1.83. The number of hydrogen-bond acceptors (Lipinski definition) is 2. The highest BCUT2D eigenvalue weighted by molar-refractivity contribution is 9.10. The van der Waals surface area contributed by atoms with Crippen LogP contribution in [-0.4, -0.2) is 8.42 Å². The first-order valence-corrected chi connectivity index (χ1v) is 9.59. The Morgan fingerprint density at radius 2 is 1.86 bits per heavy atom. The van der Waals surface area contributed by atoms with Gasteiger partial charge in [-0.25, -0.2) is 8.42 Å². The van der Waals surface area contributed by atoms with Crippen LogP contribution in [0.15, 0.2) is 51.8 Å². The number of halogens is 3. The smallest absolute Gasteiger partial charge is 0.263 e. The fourth-order valence-corrected chi connectivity index (χ4v) is 4.36. The maximum absolute atomic E-state index is 12.5. The van der Waals surface area contributed by atoms with E-state index in [4.69, 9.17) is 11.6 Å². The summed E-state index contributed by atoms with van der Waals surface area (Å²) < 4.78 is 28.3. The first-order chi connectivity index (χ1) is 9.81. The minimum absolute atomic E-state index is 0.0248. The molecule has 112 valence electrons. The summed E-state index contributed by atoms with van der Waals surface area (Å²) in [5.74, 6) is 0. The Bertz CT molecular complexity index is 763. The molecule has 3 nitrogen and oxygen atoms in total. The topological polar surface area (TPSA) is 46.2 Å². The van der Waals surface area contributed by atoms with Crippen molar-refractivity contribution in [3.05, 3.63) is 57.5 Å². The maximum Gasteiger partial charge on any atom is 0.263 e. The minimum Gasteiger partial charge on any atom is -0.279 e. The van der Waals surface area contributed by atoms with Gasteiger partial charge >= 0.3 is 0 Å². The van der Waals surface area contributed by atoms with Crippen molar-refractivity contribution in [1.82, 2.24) is 0 Å². The van der Waals surface area contributed by atoms with E-state index in [1.54, 1.807) is 24.3 Å². The van der Waals surface area contributed by atoms with Gasteiger partial charge in [0.25, 0.3) is 10.0 Å². The van der Waals surface area contributed by atoms with Crippen LogP contribution in [0.5, 0.6) is 0 Å². The molecule has 2 rings (SSSR count). The summed E-state index contributed by atoms with van der Waals surface area (Å²) in [6.45, 7) is 1.93. The normalized spacial score (nSPS) is 13.0. The predicted octanol–water partition coefficient (Wildman–Crippen LogP) is 5.36. The SMILES string of the molecule is CC(Br)c1ccccc1NS(=O)(=O)c1ccc(Br)cc1Cl. The van der Waals surface area contributed by atoms with Crippen LogP contribution >= 0.6 is 43.5 Å². The van der Waals surface area contributed by atoms with Crippen LogP contribution in [0.25, 0.3) is 0 Å². The number of benzene rings is 2. The molecule has 0 fully saturated rings. The Balaban J connectivity index is 2.43. The zero-order chi connectivity index (χ0) is 15.6. The average Bonchev–Trinajstić information content (AvgIpc) is 2.37. The van der Waals surface area contributed by atoms with Gasteiger partial charge in [-0.15, -0.1) is 0 Å². The van der Waals surface area contributed by atoms with Crippen LogP contribution in [0, 0.1) is 0 Å². The second kappa shape index (κ2) is 6.69. The molecule has 0 aliphatic carbocycles. The van der Waals surface area contributed by atoms with Crippen molar-refractivity contribution < 1.29 is 8.42 Å². The van der Waals surface area contributed by atoms with Crippen LogP contribution in [0.1, 0.15) is 17.3 Å². The van der Waals surface area contributed by atoms with Crippen molar-refractivity contribution >= 4 is 59.2 Å². The summed E-state index contributed by atoms with van der Waals surface area (Å²) in [6, 6.07) is 11.9. The molecule has 0 bridgehead atoms. The van der Waals surface area contributed by atoms with Crippen LogP contribution in [0.3, 0.4) is 0 Å². The highest BCUT2D eigenvalue weighted by atomic mass is 79.9. The molecule has 0 radical (unpaired) electrons. The van der Waals surface area contributed by atoms with E-state index in [0.29, 0.717) is 5.69 Å². The first kappa shape index (κ1) is 16.8. The number of hydrogen-bond donors (Lipinski definition) is 1. The van der Waals surface area contributed by atoms with Crippen molar-refractivity contribution in [3.63, 3.8) is 0 Å². The van der Waals surface area contributed by atoms with Crippen molar-refractivity contribution in [1.29, 1.82) is 0 Å². The third-order valence-electron chi connectivity index (χ3n) is 2.82. The van der Waals surface area contributed by atoms with Gasteiger partial charge in [-0.2, -0.15) is 0 Å². The van der Waals surface area contributed by atoms with Gasteiger partial charge in [-0.1, -0.05) is 61.7 Å². The molecule has 1 N–H and O–H groups in total. The number of rotatable bonds is 4. The molecule has 0 aliphatic heterocycles. The lowest BCUT2D eigenvalue weighted by Gasteiger charge is -2.14. The standard InChI is InChI=1S/C14H12Br2ClNO2S/c1-9(15)11-4-2-3-5-13(11)18-21(19,20)14-7-6-10(16)8-12(14)17/h2-9,18H,1H3. The van der Waals surface area contributed by atoms with Crippen LogP contribution in [0.2, 0.25) is 5.02 Å². The zero-order valence-corrected chi connectivity index (χ0v) is 15.7. The van der Waals surface area contributed by atoms with E-state index in [0.717, 1.165) is 10.0 Å². The largest absolute Gasteiger partial charge is 0.279 e. The molecule has 0 aromatic heterocycles. The van der Waals surface area contributed by atoms with E-state index in [9.17, 15) is 8.42 Å². The number of alkyl halides is 1. The Morgan fingerprint density at radius 3 is 2.48 bits per heavy atom. The highest BCUT2D eigenvalue weighted by Gasteiger charge is 2.20. The van der Waals surface area contributed by atoms with Crippen molar-refractivity contribution in [2.24, 2.45) is 0 Å². The quantitative estimate of drug-likeness (QED) is 0.634. The third-order valence-corrected chi connectivity index (χ3v) is 5.65. The number of sulfonamides is 1. The van der Waals surface area contributed by atoms with Crippen molar-refractivity contribution in [2.45, 2.75) is 16.6 Å². The molecule has 0 heterocycles. The molecule has 1 atom stereocenters. The van der Waals surface area contributed by atoms with Crippen LogP contribution in [-0.2, 0) is 10.0 Å². The summed E-state index contributed by atoms with van der Waals surface area (Å²) in [5, 5.41) is 0.168. The molecule has 2 aromatic rings. The van der Waals surface area contributed by atoms with Gasteiger partial charge in [0.2, 0.25) is 0 Å². The van der Waals surface area contributed by atoms with Gasteiger partial charge in [-0.05, 0) is 36.8 Å². The van der Waals surface area contributed by atoms with E-state index in [2.05, 4.69) is 36.6 Å². The lowest BCUT2D eigenvalue weighted by molar-refractivity contribution is 0.601. The first-order valence-electron chi connectivity index (χ1n) is 6.02. The molecule has 7 heteroatoms. The molecular formula is C14H12Br2ClNO2S. The van der Waals surface area contributed by atoms with E-state index < -0.39 is 10.0 Å². The fraction of sp³-hybridized carbons (Fsp3) is 0.143. The molecular weight excluding hydrogens is 441 g/mol. The van der Waals surface area contributed by atoms with Gasteiger partial charge in [-0.3, -0.25) is 4.72 Å². The maximum atomic E-state index is 12.5. The minimum atomic E-state index is -3.74. The predicted molar refractivity (Wildman–Crippen MR) is 93.7 cm³/mol. The molecule has 0 amide bonds. The molecule has 0 aliphatic rings. The Morgan fingerprint density at radius 1 is 1.19 bits per heavy atom. The van der Waals surface area contributed by atoms with E-state index in [-0.39, 0.29) is 14.7 Å². The highest BCUT2D eigenvalue weighted by Crippen LogP contribution is 2.32. The number of anilines is 1. The summed E-state index contributed by atoms with van der Waals surface area (Å²) in [7, 11) is -3.74. The van der Waals surface area contributed by atoms with Crippen LogP contribution in [0.4, 0.5) is 5.69 Å². The molecule has 0 saturated heterocycles. The molecule has 0 spiro atoms. The van der Waals surface area contributed by atoms with Gasteiger partial charge < -0.3 is 0 Å². The van der Waals surface area contributed by atoms with Gasteiger partial charge in [0.05, 0.1) is 10.7 Å². The summed E-state index contributed by atoms with van der Waals surface area (Å²) in [5.41, 5.74) is 1.38. The Hall–Kier alpha value is -0.560. The lowest BCUT2D eigenvalue weighted by atomic mass is 10.1. The number of para-hydroxylation sites is 1. The number of nitrogens with one attached hydrogen (secondary N) is 1. The molecule has 0 saturated carbocycles. The van der Waals surface area contributed by atoms with Gasteiger partial charge in [0.15, 0.2) is 0 Å². The third kappa shape index (κ3) is 4.00. The monoisotopic (exact) mass is 451 g/mol. The molecule has 21 heavy (non-hydrogen) atoms. The zero-order valence-electron chi connectivity index (χ0n) is 11.0. The van der Waals surface area contributed by atoms with E-state index >= 15 is 0 Å². The Kier molecular flexibility index (Phi) is 5.35. The van der Waals surface area contributed by atoms with Crippen molar-refractivity contribution in [2.75, 3.05) is 4.72 Å².